The van der Waals surface area contributed by atoms with Crippen LogP contribution in [0.3, 0.4) is 0 Å². The van der Waals surface area contributed by atoms with E-state index < -0.39 is 0 Å². The molecule has 82 valence electrons. The van der Waals surface area contributed by atoms with Gasteiger partial charge in [0.15, 0.2) is 0 Å². The Bertz CT molecular complexity index is 178. The van der Waals surface area contributed by atoms with Gasteiger partial charge in [-0.15, -0.1) is 0 Å². The molecular weight excluding hydrogens is 176 g/mol. The summed E-state index contributed by atoms with van der Waals surface area (Å²) in [7, 11) is 1.89. The highest BCUT2D eigenvalue weighted by Gasteiger charge is 2.31. The van der Waals surface area contributed by atoms with E-state index in [1.807, 2.05) is 7.05 Å². The van der Waals surface area contributed by atoms with Crippen molar-refractivity contribution in [1.29, 1.82) is 0 Å². The van der Waals surface area contributed by atoms with E-state index in [1.54, 1.807) is 0 Å². The van der Waals surface area contributed by atoms with Crippen molar-refractivity contribution in [3.63, 3.8) is 0 Å². The summed E-state index contributed by atoms with van der Waals surface area (Å²) in [5.74, 6) is 0.329. The number of unbranched alkanes of at least 4 members (excludes halogenated alkanes) is 1. The molecule has 1 rings (SSSR count). The van der Waals surface area contributed by atoms with Crippen molar-refractivity contribution in [3.8, 4) is 0 Å². The zero-order valence-electron chi connectivity index (χ0n) is 9.38. The van der Waals surface area contributed by atoms with E-state index >= 15 is 0 Å². The van der Waals surface area contributed by atoms with Gasteiger partial charge in [-0.25, -0.2) is 0 Å². The molecule has 3 heteroatoms. The normalized spacial score (nSPS) is 15.6. The zero-order valence-corrected chi connectivity index (χ0v) is 9.38. The molecule has 0 saturated heterocycles. The predicted octanol–water partition coefficient (Wildman–Crippen LogP) is 1.39. The van der Waals surface area contributed by atoms with Crippen molar-refractivity contribution >= 4 is 5.91 Å². The third kappa shape index (κ3) is 3.66. The lowest BCUT2D eigenvalue weighted by molar-refractivity contribution is -0.131. The van der Waals surface area contributed by atoms with Gasteiger partial charge in [0, 0.05) is 25.6 Å². The lowest BCUT2D eigenvalue weighted by Crippen LogP contribution is -2.35. The summed E-state index contributed by atoms with van der Waals surface area (Å²) in [4.78, 5) is 13.9. The zero-order chi connectivity index (χ0) is 10.4. The van der Waals surface area contributed by atoms with Gasteiger partial charge in [0.25, 0.3) is 0 Å². The van der Waals surface area contributed by atoms with Crippen LogP contribution < -0.4 is 5.32 Å². The Kier molecular flexibility index (Phi) is 4.94. The molecule has 1 aliphatic rings. The van der Waals surface area contributed by atoms with Gasteiger partial charge in [-0.05, 0) is 26.3 Å². The maximum Gasteiger partial charge on any atom is 0.224 e. The maximum absolute atomic E-state index is 11.8. The lowest BCUT2D eigenvalue weighted by Gasteiger charge is -2.22. The highest BCUT2D eigenvalue weighted by Crippen LogP contribution is 2.27. The number of nitrogens with zero attached hydrogens (tertiary/aromatic N) is 1. The summed E-state index contributed by atoms with van der Waals surface area (Å²) in [6.45, 7) is 3.93. The first-order valence-corrected chi connectivity index (χ1v) is 5.73. The van der Waals surface area contributed by atoms with Crippen molar-refractivity contribution < 1.29 is 4.79 Å². The molecule has 0 radical (unpaired) electrons. The molecule has 1 aliphatic carbocycles. The summed E-state index contributed by atoms with van der Waals surface area (Å²) >= 11 is 0. The standard InChI is InChI=1S/C11H22N2O/c1-3-4-9-13(10-5-6-10)11(14)7-8-12-2/h10,12H,3-9H2,1-2H3. The van der Waals surface area contributed by atoms with Crippen LogP contribution >= 0.6 is 0 Å². The smallest absolute Gasteiger partial charge is 0.224 e. The molecule has 0 aromatic heterocycles. The Balaban J connectivity index is 2.28. The van der Waals surface area contributed by atoms with Crippen LogP contribution in [0.4, 0.5) is 0 Å². The number of nitrogens with one attached hydrogen (secondary N) is 1. The fraction of sp³-hybridized carbons (Fsp3) is 0.909. The summed E-state index contributed by atoms with van der Waals surface area (Å²) in [6, 6.07) is 0.575. The summed E-state index contributed by atoms with van der Waals surface area (Å²) in [5.41, 5.74) is 0. The molecule has 1 amide bonds. The molecule has 1 fully saturated rings. The average Bonchev–Trinajstić information content (AvgIpc) is 2.99. The van der Waals surface area contributed by atoms with E-state index in [2.05, 4.69) is 17.1 Å². The number of hydrogen-bond donors (Lipinski definition) is 1. The molecule has 0 spiro atoms. The molecule has 0 bridgehead atoms. The number of carbonyl (C=O) groups is 1. The van der Waals surface area contributed by atoms with Gasteiger partial charge in [-0.1, -0.05) is 13.3 Å². The van der Waals surface area contributed by atoms with Crippen LogP contribution in [0, 0.1) is 0 Å². The van der Waals surface area contributed by atoms with E-state index in [-0.39, 0.29) is 0 Å². The third-order valence-electron chi connectivity index (χ3n) is 2.65. The Morgan fingerprint density at radius 1 is 1.50 bits per heavy atom. The molecule has 0 aromatic carbocycles. The number of carbonyl (C=O) groups excluding carboxylic acids is 1. The average molecular weight is 198 g/mol. The molecule has 1 N–H and O–H groups in total. The Morgan fingerprint density at radius 3 is 2.71 bits per heavy atom. The topological polar surface area (TPSA) is 32.3 Å². The fourth-order valence-electron chi connectivity index (χ4n) is 1.60. The second-order valence-corrected chi connectivity index (χ2v) is 4.03. The van der Waals surface area contributed by atoms with Crippen molar-refractivity contribution in [2.45, 2.75) is 45.1 Å². The molecule has 0 unspecified atom stereocenters. The largest absolute Gasteiger partial charge is 0.340 e. The summed E-state index contributed by atoms with van der Waals surface area (Å²) in [5, 5.41) is 3.02. The Labute approximate surface area is 86.9 Å². The molecular formula is C11H22N2O. The minimum Gasteiger partial charge on any atom is -0.340 e. The first-order valence-electron chi connectivity index (χ1n) is 5.73. The second-order valence-electron chi connectivity index (χ2n) is 4.03. The first kappa shape index (κ1) is 11.5. The maximum atomic E-state index is 11.8. The number of rotatable bonds is 7. The second kappa shape index (κ2) is 6.02. The number of hydrogen-bond acceptors (Lipinski definition) is 2. The van der Waals surface area contributed by atoms with Crippen LogP contribution in [0.2, 0.25) is 0 Å². The molecule has 0 atom stereocenters. The molecule has 0 aromatic rings. The fourth-order valence-corrected chi connectivity index (χ4v) is 1.60. The van der Waals surface area contributed by atoms with Crippen LogP contribution in [0.25, 0.3) is 0 Å². The monoisotopic (exact) mass is 198 g/mol. The van der Waals surface area contributed by atoms with Crippen LogP contribution in [0.5, 0.6) is 0 Å². The van der Waals surface area contributed by atoms with Gasteiger partial charge < -0.3 is 10.2 Å². The van der Waals surface area contributed by atoms with E-state index in [9.17, 15) is 4.79 Å². The molecule has 0 aliphatic heterocycles. The van der Waals surface area contributed by atoms with Gasteiger partial charge in [-0.2, -0.15) is 0 Å². The van der Waals surface area contributed by atoms with Gasteiger partial charge in [0.2, 0.25) is 5.91 Å². The summed E-state index contributed by atoms with van der Waals surface area (Å²) < 4.78 is 0. The van der Waals surface area contributed by atoms with Crippen molar-refractivity contribution in [2.24, 2.45) is 0 Å². The SMILES string of the molecule is CCCCN(C(=O)CCNC)C1CC1. The van der Waals surface area contributed by atoms with Crippen LogP contribution in [0.1, 0.15) is 39.0 Å². The van der Waals surface area contributed by atoms with Gasteiger partial charge in [-0.3, -0.25) is 4.79 Å². The lowest BCUT2D eigenvalue weighted by atomic mass is 10.2. The van der Waals surface area contributed by atoms with Gasteiger partial charge in [0.05, 0.1) is 0 Å². The van der Waals surface area contributed by atoms with E-state index in [1.165, 1.54) is 19.3 Å². The molecule has 14 heavy (non-hydrogen) atoms. The quantitative estimate of drug-likeness (QED) is 0.670. The van der Waals surface area contributed by atoms with E-state index in [4.69, 9.17) is 0 Å². The van der Waals surface area contributed by atoms with Crippen LogP contribution in [-0.2, 0) is 4.79 Å². The third-order valence-corrected chi connectivity index (χ3v) is 2.65. The Hall–Kier alpha value is -0.570. The van der Waals surface area contributed by atoms with Gasteiger partial charge in [0.1, 0.15) is 0 Å². The van der Waals surface area contributed by atoms with Crippen molar-refractivity contribution in [2.75, 3.05) is 20.1 Å². The van der Waals surface area contributed by atoms with Crippen molar-refractivity contribution in [1.82, 2.24) is 10.2 Å². The van der Waals surface area contributed by atoms with Crippen LogP contribution in [-0.4, -0.2) is 37.0 Å². The highest BCUT2D eigenvalue weighted by atomic mass is 16.2. The van der Waals surface area contributed by atoms with E-state index in [0.29, 0.717) is 18.4 Å². The Morgan fingerprint density at radius 2 is 2.21 bits per heavy atom. The number of amides is 1. The summed E-state index contributed by atoms with van der Waals surface area (Å²) in [6.07, 6.45) is 5.39. The van der Waals surface area contributed by atoms with Crippen LogP contribution in [0.15, 0.2) is 0 Å². The molecule has 3 nitrogen and oxygen atoms in total. The first-order chi connectivity index (χ1) is 6.79. The van der Waals surface area contributed by atoms with E-state index in [0.717, 1.165) is 19.5 Å². The van der Waals surface area contributed by atoms with Crippen molar-refractivity contribution in [3.05, 3.63) is 0 Å². The minimum atomic E-state index is 0.329. The van der Waals surface area contributed by atoms with Gasteiger partial charge >= 0.3 is 0 Å². The minimum absolute atomic E-state index is 0.329. The highest BCUT2D eigenvalue weighted by molar-refractivity contribution is 5.77. The molecule has 1 saturated carbocycles. The predicted molar refractivity (Wildman–Crippen MR) is 58.2 cm³/mol. The molecule has 0 heterocycles.